The van der Waals surface area contributed by atoms with Crippen molar-refractivity contribution in [1.82, 2.24) is 15.3 Å². The molecule has 29 heavy (non-hydrogen) atoms. The highest BCUT2D eigenvalue weighted by molar-refractivity contribution is 5.58. The Kier molecular flexibility index (Phi) is 6.33. The molecule has 2 fully saturated rings. The highest BCUT2D eigenvalue weighted by Crippen LogP contribution is 2.42. The van der Waals surface area contributed by atoms with Gasteiger partial charge in [0.05, 0.1) is 0 Å². The summed E-state index contributed by atoms with van der Waals surface area (Å²) in [5, 5.41) is 10.4. The molecule has 2 aliphatic carbocycles. The van der Waals surface area contributed by atoms with Crippen molar-refractivity contribution in [3.63, 3.8) is 0 Å². The van der Waals surface area contributed by atoms with Crippen LogP contribution in [0.25, 0.3) is 0 Å². The lowest BCUT2D eigenvalue weighted by Crippen LogP contribution is -2.26. The molecule has 0 atom stereocenters. The molecule has 1 aromatic heterocycles. The van der Waals surface area contributed by atoms with Gasteiger partial charge in [-0.25, -0.2) is 4.98 Å². The lowest BCUT2D eigenvalue weighted by Gasteiger charge is -2.28. The number of hydrogen-bond donors (Lipinski definition) is 3. The molecule has 2 aliphatic rings. The van der Waals surface area contributed by atoms with E-state index in [0.717, 1.165) is 37.4 Å². The molecule has 0 bridgehead atoms. The van der Waals surface area contributed by atoms with E-state index < -0.39 is 0 Å². The molecule has 2 saturated carbocycles. The SMILES string of the molecule is C=C(NCCCNc1nc(Nc2cccc(CC)c2)ncc1C1CC1)C1CCC1. The molecule has 5 heteroatoms. The van der Waals surface area contributed by atoms with Gasteiger partial charge in [0, 0.05) is 36.2 Å². The number of aryl methyl sites for hydroxylation is 1. The minimum absolute atomic E-state index is 0.617. The summed E-state index contributed by atoms with van der Waals surface area (Å²) >= 11 is 0. The van der Waals surface area contributed by atoms with Crippen LogP contribution in [-0.2, 0) is 6.42 Å². The zero-order valence-corrected chi connectivity index (χ0v) is 17.5. The second-order valence-electron chi connectivity index (χ2n) is 8.31. The van der Waals surface area contributed by atoms with E-state index in [9.17, 15) is 0 Å². The summed E-state index contributed by atoms with van der Waals surface area (Å²) < 4.78 is 0. The van der Waals surface area contributed by atoms with Crippen LogP contribution in [0.3, 0.4) is 0 Å². The van der Waals surface area contributed by atoms with Crippen LogP contribution in [0.5, 0.6) is 0 Å². The van der Waals surface area contributed by atoms with Crippen molar-refractivity contribution in [2.24, 2.45) is 5.92 Å². The molecule has 0 unspecified atom stereocenters. The summed E-state index contributed by atoms with van der Waals surface area (Å²) in [4.78, 5) is 9.36. The number of hydrogen-bond acceptors (Lipinski definition) is 5. The van der Waals surface area contributed by atoms with Crippen LogP contribution in [0.4, 0.5) is 17.5 Å². The van der Waals surface area contributed by atoms with E-state index in [1.165, 1.54) is 48.9 Å². The Morgan fingerprint density at radius 1 is 1.17 bits per heavy atom. The van der Waals surface area contributed by atoms with Crippen LogP contribution in [0.1, 0.15) is 62.5 Å². The van der Waals surface area contributed by atoms with Crippen molar-refractivity contribution in [1.29, 1.82) is 0 Å². The predicted octanol–water partition coefficient (Wildman–Crippen LogP) is 5.37. The lowest BCUT2D eigenvalue weighted by molar-refractivity contribution is 0.350. The van der Waals surface area contributed by atoms with Crippen molar-refractivity contribution < 1.29 is 0 Å². The van der Waals surface area contributed by atoms with Gasteiger partial charge >= 0.3 is 0 Å². The van der Waals surface area contributed by atoms with E-state index in [2.05, 4.69) is 58.7 Å². The maximum Gasteiger partial charge on any atom is 0.229 e. The van der Waals surface area contributed by atoms with Crippen LogP contribution < -0.4 is 16.0 Å². The standard InChI is InChI=1S/C24H33N5/c1-3-18-7-4-10-21(15-18)28-24-27-16-22(20-11-12-20)23(29-24)26-14-6-13-25-17(2)19-8-5-9-19/h4,7,10,15-16,19-20,25H,2-3,5-6,8-9,11-14H2,1H3,(H2,26,27,28,29). The van der Waals surface area contributed by atoms with E-state index in [-0.39, 0.29) is 0 Å². The van der Waals surface area contributed by atoms with Gasteiger partial charge in [-0.15, -0.1) is 0 Å². The fourth-order valence-corrected chi connectivity index (χ4v) is 3.73. The molecule has 3 N–H and O–H groups in total. The van der Waals surface area contributed by atoms with E-state index in [4.69, 9.17) is 4.98 Å². The summed E-state index contributed by atoms with van der Waals surface area (Å²) in [6, 6.07) is 8.43. The van der Waals surface area contributed by atoms with E-state index in [0.29, 0.717) is 17.8 Å². The molecule has 0 aliphatic heterocycles. The van der Waals surface area contributed by atoms with Crippen LogP contribution in [-0.4, -0.2) is 23.1 Å². The van der Waals surface area contributed by atoms with Gasteiger partial charge in [-0.3, -0.25) is 0 Å². The minimum atomic E-state index is 0.617. The Hall–Kier alpha value is -2.56. The first-order valence-corrected chi connectivity index (χ1v) is 11.1. The highest BCUT2D eigenvalue weighted by atomic mass is 15.1. The number of nitrogens with zero attached hydrogens (tertiary/aromatic N) is 2. The molecule has 0 amide bonds. The zero-order valence-electron chi connectivity index (χ0n) is 17.5. The Morgan fingerprint density at radius 3 is 2.76 bits per heavy atom. The van der Waals surface area contributed by atoms with E-state index >= 15 is 0 Å². The molecule has 0 spiro atoms. The first-order chi connectivity index (χ1) is 14.2. The van der Waals surface area contributed by atoms with Gasteiger partial charge in [0.1, 0.15) is 5.82 Å². The van der Waals surface area contributed by atoms with Crippen molar-refractivity contribution in [2.75, 3.05) is 23.7 Å². The van der Waals surface area contributed by atoms with Gasteiger partial charge in [0.25, 0.3) is 0 Å². The predicted molar refractivity (Wildman–Crippen MR) is 121 cm³/mol. The van der Waals surface area contributed by atoms with Gasteiger partial charge in [-0.1, -0.05) is 32.1 Å². The van der Waals surface area contributed by atoms with Crippen molar-refractivity contribution in [3.8, 4) is 0 Å². The van der Waals surface area contributed by atoms with E-state index in [1.54, 1.807) is 0 Å². The average Bonchev–Trinajstić information content (AvgIpc) is 3.52. The first kappa shape index (κ1) is 19.7. The molecular weight excluding hydrogens is 358 g/mol. The monoisotopic (exact) mass is 391 g/mol. The molecule has 2 aromatic rings. The molecule has 1 aromatic carbocycles. The van der Waals surface area contributed by atoms with Gasteiger partial charge in [0.15, 0.2) is 0 Å². The zero-order chi connectivity index (χ0) is 20.1. The second-order valence-corrected chi connectivity index (χ2v) is 8.31. The van der Waals surface area contributed by atoms with E-state index in [1.807, 2.05) is 6.20 Å². The molecule has 154 valence electrons. The van der Waals surface area contributed by atoms with Crippen LogP contribution in [0.2, 0.25) is 0 Å². The summed E-state index contributed by atoms with van der Waals surface area (Å²) in [5.74, 6) is 2.95. The highest BCUT2D eigenvalue weighted by Gasteiger charge is 2.27. The molecule has 5 nitrogen and oxygen atoms in total. The smallest absolute Gasteiger partial charge is 0.229 e. The summed E-state index contributed by atoms with van der Waals surface area (Å²) in [5.41, 5.74) is 4.81. The van der Waals surface area contributed by atoms with Crippen LogP contribution in [0.15, 0.2) is 42.7 Å². The molecule has 0 radical (unpaired) electrons. The quantitative estimate of drug-likeness (QED) is 0.450. The first-order valence-electron chi connectivity index (χ1n) is 11.1. The number of anilines is 3. The normalized spacial score (nSPS) is 16.2. The van der Waals surface area contributed by atoms with Crippen LogP contribution in [0, 0.1) is 5.92 Å². The Bertz CT molecular complexity index is 839. The maximum absolute atomic E-state index is 4.80. The summed E-state index contributed by atoms with van der Waals surface area (Å²) in [6.07, 6.45) is 10.5. The molecular formula is C24H33N5. The van der Waals surface area contributed by atoms with Gasteiger partial charge in [0.2, 0.25) is 5.95 Å². The fourth-order valence-electron chi connectivity index (χ4n) is 3.73. The lowest BCUT2D eigenvalue weighted by atomic mass is 9.83. The second kappa shape index (κ2) is 9.29. The van der Waals surface area contributed by atoms with Gasteiger partial charge < -0.3 is 16.0 Å². The molecule has 0 saturated heterocycles. The van der Waals surface area contributed by atoms with Crippen LogP contribution >= 0.6 is 0 Å². The average molecular weight is 392 g/mol. The Balaban J connectivity index is 1.33. The fraction of sp³-hybridized carbons (Fsp3) is 0.500. The number of allylic oxidation sites excluding steroid dienone is 1. The Morgan fingerprint density at radius 2 is 2.03 bits per heavy atom. The summed E-state index contributed by atoms with van der Waals surface area (Å²) in [7, 11) is 0. The minimum Gasteiger partial charge on any atom is -0.389 e. The van der Waals surface area contributed by atoms with Crippen molar-refractivity contribution in [3.05, 3.63) is 53.9 Å². The van der Waals surface area contributed by atoms with Crippen molar-refractivity contribution in [2.45, 2.75) is 57.8 Å². The molecule has 4 rings (SSSR count). The topological polar surface area (TPSA) is 61.9 Å². The van der Waals surface area contributed by atoms with Crippen molar-refractivity contribution >= 4 is 17.5 Å². The maximum atomic E-state index is 4.80. The number of benzene rings is 1. The third-order valence-corrected chi connectivity index (χ3v) is 6.02. The molecule has 1 heterocycles. The number of nitrogens with one attached hydrogen (secondary N) is 3. The van der Waals surface area contributed by atoms with Gasteiger partial charge in [-0.05, 0) is 68.1 Å². The third kappa shape index (κ3) is 5.28. The Labute approximate surface area is 174 Å². The third-order valence-electron chi connectivity index (χ3n) is 6.02. The number of rotatable bonds is 11. The summed E-state index contributed by atoms with van der Waals surface area (Å²) in [6.45, 7) is 8.20. The van der Waals surface area contributed by atoms with Gasteiger partial charge in [-0.2, -0.15) is 4.98 Å². The number of aromatic nitrogens is 2. The largest absolute Gasteiger partial charge is 0.389 e.